The Kier molecular flexibility index (Phi) is 8.82. The first-order valence-corrected chi connectivity index (χ1v) is 14.9. The molecule has 1 amide bonds. The lowest BCUT2D eigenvalue weighted by atomic mass is 9.96. The fraction of sp³-hybridized carbons (Fsp3) is 0.290. The van der Waals surface area contributed by atoms with Crippen LogP contribution in [0, 0.1) is 5.92 Å². The zero-order valence-corrected chi connectivity index (χ0v) is 25.7. The van der Waals surface area contributed by atoms with E-state index in [1.54, 1.807) is 31.2 Å². The minimum absolute atomic E-state index is 0.000366. The molecule has 5 aromatic rings. The normalized spacial score (nSPS) is 16.8. The second-order valence-electron chi connectivity index (χ2n) is 11.0. The molecule has 1 N–H and O–H groups in total. The smallest absolute Gasteiger partial charge is 0.333 e. The number of amides is 1. The monoisotopic (exact) mass is 670 g/mol. The highest BCUT2D eigenvalue weighted by molar-refractivity contribution is 6.31. The van der Waals surface area contributed by atoms with Gasteiger partial charge in [-0.05, 0) is 43.2 Å². The van der Waals surface area contributed by atoms with Gasteiger partial charge in [-0.15, -0.1) is 5.10 Å². The SMILES string of the molecule is COc1cn([C@H]2CCC[C@@H](C)C(=O)Nc3cnn(C(F)F)c3-c3ccnc2c3)c(=O)cc1-c1cc(Cl)ccc1-n1cc(C(F)F)nn1. The highest BCUT2D eigenvalue weighted by Gasteiger charge is 2.27. The van der Waals surface area contributed by atoms with Gasteiger partial charge < -0.3 is 14.6 Å². The van der Waals surface area contributed by atoms with Crippen LogP contribution in [0.3, 0.4) is 0 Å². The Labute approximate surface area is 269 Å². The van der Waals surface area contributed by atoms with Crippen molar-refractivity contribution < 1.29 is 27.1 Å². The van der Waals surface area contributed by atoms with Crippen LogP contribution in [0.25, 0.3) is 28.1 Å². The van der Waals surface area contributed by atoms with Crippen LogP contribution in [0.15, 0.2) is 66.0 Å². The topological polar surface area (TPSA) is 122 Å². The van der Waals surface area contributed by atoms with Crippen molar-refractivity contribution in [2.75, 3.05) is 12.4 Å². The highest BCUT2D eigenvalue weighted by Crippen LogP contribution is 2.38. The number of fused-ring (bicyclic) bond motifs is 4. The van der Waals surface area contributed by atoms with Gasteiger partial charge in [-0.2, -0.15) is 13.9 Å². The molecule has 0 saturated carbocycles. The van der Waals surface area contributed by atoms with Crippen molar-refractivity contribution in [1.82, 2.24) is 34.3 Å². The highest BCUT2D eigenvalue weighted by atomic mass is 35.5. The fourth-order valence-corrected chi connectivity index (χ4v) is 5.84. The molecule has 6 rings (SSSR count). The molecule has 16 heteroatoms. The first-order chi connectivity index (χ1) is 22.5. The summed E-state index contributed by atoms with van der Waals surface area (Å²) in [5.74, 6) is -0.572. The van der Waals surface area contributed by atoms with Crippen LogP contribution in [-0.4, -0.2) is 47.3 Å². The van der Waals surface area contributed by atoms with Gasteiger partial charge in [-0.25, -0.2) is 18.1 Å². The molecule has 1 aliphatic rings. The lowest BCUT2D eigenvalue weighted by molar-refractivity contribution is -0.119. The van der Waals surface area contributed by atoms with Crippen LogP contribution in [0.5, 0.6) is 5.75 Å². The summed E-state index contributed by atoms with van der Waals surface area (Å²) in [5, 5.41) is 14.2. The molecule has 0 aliphatic carbocycles. The number of alkyl halides is 4. The summed E-state index contributed by atoms with van der Waals surface area (Å²) in [5.41, 5.74) is 0.874. The molecule has 0 radical (unpaired) electrons. The average molecular weight is 671 g/mol. The van der Waals surface area contributed by atoms with Gasteiger partial charge in [-0.3, -0.25) is 14.6 Å². The quantitative estimate of drug-likeness (QED) is 0.200. The number of rotatable bonds is 6. The molecule has 0 unspecified atom stereocenters. The number of halogens is 5. The van der Waals surface area contributed by atoms with Crippen LogP contribution < -0.4 is 15.6 Å². The first-order valence-electron chi connectivity index (χ1n) is 14.5. The summed E-state index contributed by atoms with van der Waals surface area (Å²) in [6.07, 6.45) is 3.70. The van der Waals surface area contributed by atoms with E-state index in [4.69, 9.17) is 16.3 Å². The molecule has 0 fully saturated rings. The van der Waals surface area contributed by atoms with Crippen molar-refractivity contribution in [3.63, 3.8) is 0 Å². The second-order valence-corrected chi connectivity index (χ2v) is 11.4. The van der Waals surface area contributed by atoms with Crippen LogP contribution in [0.2, 0.25) is 5.02 Å². The van der Waals surface area contributed by atoms with Crippen molar-refractivity contribution in [3.05, 3.63) is 87.9 Å². The van der Waals surface area contributed by atoms with E-state index in [9.17, 15) is 27.2 Å². The number of nitrogens with zero attached hydrogens (tertiary/aromatic N) is 7. The number of anilines is 1. The van der Waals surface area contributed by atoms with Crippen LogP contribution >= 0.6 is 11.6 Å². The number of nitrogens with one attached hydrogen (secondary N) is 1. The molecule has 5 heterocycles. The molecule has 1 aromatic carbocycles. The fourth-order valence-electron chi connectivity index (χ4n) is 5.66. The number of pyridine rings is 2. The Bertz CT molecular complexity index is 2010. The van der Waals surface area contributed by atoms with Crippen LogP contribution in [0.1, 0.15) is 56.6 Å². The summed E-state index contributed by atoms with van der Waals surface area (Å²) in [6.45, 7) is -1.25. The number of benzene rings is 1. The molecule has 11 nitrogen and oxygen atoms in total. The first kappa shape index (κ1) is 31.9. The summed E-state index contributed by atoms with van der Waals surface area (Å²) in [4.78, 5) is 31.4. The molecule has 0 saturated heterocycles. The van der Waals surface area contributed by atoms with Crippen molar-refractivity contribution in [3.8, 4) is 33.8 Å². The largest absolute Gasteiger partial charge is 0.495 e. The standard InChI is InChI=1S/C31H27ClF4N8O3/c1-16-4-3-5-25(21-10-17(8-9-37-21)28-22(39-30(16)46)13-38-44(28)31(35)36)42-15-26(47-2)20(12-27(42)45)19-11-18(32)6-7-24(19)43-14-23(29(33)34)40-41-43/h6-16,25,29,31H,3-5H2,1-2H3,(H,39,46)/t16-,25+/m1/s1. The number of carbonyl (C=O) groups is 1. The minimum Gasteiger partial charge on any atom is -0.495 e. The predicted octanol–water partition coefficient (Wildman–Crippen LogP) is 6.70. The second kappa shape index (κ2) is 13.0. The zero-order chi connectivity index (χ0) is 33.4. The van der Waals surface area contributed by atoms with Gasteiger partial charge >= 0.3 is 6.55 Å². The number of hydrogen-bond acceptors (Lipinski definition) is 7. The Balaban J connectivity index is 1.49. The van der Waals surface area contributed by atoms with Gasteiger partial charge in [0.25, 0.3) is 12.0 Å². The molecular weight excluding hydrogens is 644 g/mol. The molecule has 0 spiro atoms. The Hall–Kier alpha value is -5.05. The Morgan fingerprint density at radius 3 is 2.57 bits per heavy atom. The van der Waals surface area contributed by atoms with E-state index in [0.717, 1.165) is 10.9 Å². The van der Waals surface area contributed by atoms with Gasteiger partial charge in [-0.1, -0.05) is 30.2 Å². The molecule has 2 atom stereocenters. The molecule has 244 valence electrons. The van der Waals surface area contributed by atoms with E-state index < -0.39 is 36.2 Å². The number of ether oxygens (including phenoxy) is 1. The van der Waals surface area contributed by atoms with Gasteiger partial charge in [0.1, 0.15) is 11.4 Å². The number of methoxy groups -OCH3 is 1. The summed E-state index contributed by atoms with van der Waals surface area (Å²) in [7, 11) is 1.41. The molecule has 47 heavy (non-hydrogen) atoms. The van der Waals surface area contributed by atoms with E-state index in [2.05, 4.69) is 25.7 Å². The Morgan fingerprint density at radius 2 is 1.85 bits per heavy atom. The lowest BCUT2D eigenvalue weighted by Crippen LogP contribution is -2.27. The van der Waals surface area contributed by atoms with Crippen LogP contribution in [-0.2, 0) is 4.79 Å². The molecule has 2 bridgehead atoms. The number of hydrogen-bond donors (Lipinski definition) is 1. The molecule has 4 aromatic heterocycles. The van der Waals surface area contributed by atoms with E-state index in [1.807, 2.05) is 0 Å². The zero-order valence-electron chi connectivity index (χ0n) is 24.9. The predicted molar refractivity (Wildman–Crippen MR) is 164 cm³/mol. The van der Waals surface area contributed by atoms with Gasteiger partial charge in [0.05, 0.1) is 54.5 Å². The molecular formula is C31H27ClF4N8O3. The average Bonchev–Trinajstić information content (AvgIpc) is 3.71. The van der Waals surface area contributed by atoms with Crippen molar-refractivity contribution in [2.45, 2.75) is 45.2 Å². The maximum Gasteiger partial charge on any atom is 0.333 e. The third kappa shape index (κ3) is 6.22. The van der Waals surface area contributed by atoms with Crippen molar-refractivity contribution >= 4 is 23.2 Å². The summed E-state index contributed by atoms with van der Waals surface area (Å²) >= 11 is 6.32. The maximum atomic E-state index is 14.0. The van der Waals surface area contributed by atoms with E-state index >= 15 is 0 Å². The van der Waals surface area contributed by atoms with Crippen LogP contribution in [0.4, 0.5) is 23.2 Å². The number of carbonyl (C=O) groups excluding carboxylic acids is 1. The van der Waals surface area contributed by atoms with Crippen molar-refractivity contribution in [1.29, 1.82) is 0 Å². The summed E-state index contributed by atoms with van der Waals surface area (Å²) < 4.78 is 63.4. The third-order valence-electron chi connectivity index (χ3n) is 8.03. The van der Waals surface area contributed by atoms with Gasteiger partial charge in [0.15, 0.2) is 0 Å². The maximum absolute atomic E-state index is 14.0. The number of aromatic nitrogens is 7. The van der Waals surface area contributed by atoms with Gasteiger partial charge in [0.2, 0.25) is 5.91 Å². The van der Waals surface area contributed by atoms with E-state index in [0.29, 0.717) is 57.0 Å². The summed E-state index contributed by atoms with van der Waals surface area (Å²) in [6, 6.07) is 8.43. The van der Waals surface area contributed by atoms with E-state index in [1.165, 1.54) is 42.4 Å². The van der Waals surface area contributed by atoms with Crippen molar-refractivity contribution in [2.24, 2.45) is 5.92 Å². The van der Waals surface area contributed by atoms with E-state index in [-0.39, 0.29) is 23.0 Å². The third-order valence-corrected chi connectivity index (χ3v) is 8.26. The Morgan fingerprint density at radius 1 is 1.04 bits per heavy atom. The van der Waals surface area contributed by atoms with Gasteiger partial charge in [0, 0.05) is 39.9 Å². The minimum atomic E-state index is -2.98. The molecule has 1 aliphatic heterocycles. The lowest BCUT2D eigenvalue weighted by Gasteiger charge is -2.24.